The number of aliphatic hydroxyl groups excluding tert-OH is 1. The van der Waals surface area contributed by atoms with Crippen LogP contribution in [0.2, 0.25) is 0 Å². The highest BCUT2D eigenvalue weighted by Gasteiger charge is 2.22. The molecule has 0 bridgehead atoms. The summed E-state index contributed by atoms with van der Waals surface area (Å²) in [5, 5.41) is 8.97. The molecule has 102 valence electrons. The van der Waals surface area contributed by atoms with Crippen LogP contribution in [0.15, 0.2) is 27.6 Å². The van der Waals surface area contributed by atoms with Gasteiger partial charge in [0.2, 0.25) is 10.0 Å². The fraction of sp³-hybridized carbons (Fsp3) is 0.400. The monoisotopic (exact) mass is 341 g/mol. The largest absolute Gasteiger partial charge is 0.395 e. The predicted molar refractivity (Wildman–Crippen MR) is 67.2 cm³/mol. The Balaban J connectivity index is 2.99. The Kier molecular flexibility index (Phi) is 5.67. The SMILES string of the molecule is COCC(CO)NS(=O)(=O)c1ccc(Br)cc1F. The maximum Gasteiger partial charge on any atom is 0.243 e. The average molecular weight is 342 g/mol. The van der Waals surface area contributed by atoms with Crippen LogP contribution in [-0.2, 0) is 14.8 Å². The van der Waals surface area contributed by atoms with E-state index >= 15 is 0 Å². The van der Waals surface area contributed by atoms with Gasteiger partial charge in [0.15, 0.2) is 0 Å². The highest BCUT2D eigenvalue weighted by molar-refractivity contribution is 9.10. The number of hydrogen-bond donors (Lipinski definition) is 2. The lowest BCUT2D eigenvalue weighted by Crippen LogP contribution is -2.40. The molecule has 1 aromatic rings. The number of nitrogens with one attached hydrogen (secondary N) is 1. The number of sulfonamides is 1. The van der Waals surface area contributed by atoms with Crippen molar-refractivity contribution in [1.82, 2.24) is 4.72 Å². The predicted octanol–water partition coefficient (Wildman–Crippen LogP) is 0.874. The van der Waals surface area contributed by atoms with Crippen LogP contribution in [0.25, 0.3) is 0 Å². The molecule has 0 aliphatic rings. The van der Waals surface area contributed by atoms with Gasteiger partial charge < -0.3 is 9.84 Å². The number of rotatable bonds is 6. The van der Waals surface area contributed by atoms with Gasteiger partial charge in [0.1, 0.15) is 10.7 Å². The van der Waals surface area contributed by atoms with Crippen molar-refractivity contribution in [3.8, 4) is 0 Å². The molecule has 0 radical (unpaired) electrons. The summed E-state index contributed by atoms with van der Waals surface area (Å²) in [4.78, 5) is -0.472. The Morgan fingerprint density at radius 2 is 2.22 bits per heavy atom. The van der Waals surface area contributed by atoms with Gasteiger partial charge >= 0.3 is 0 Å². The van der Waals surface area contributed by atoms with Gasteiger partial charge in [0.05, 0.1) is 19.3 Å². The van der Waals surface area contributed by atoms with E-state index in [1.807, 2.05) is 0 Å². The Labute approximate surface area is 113 Å². The normalized spacial score (nSPS) is 13.6. The van der Waals surface area contributed by atoms with E-state index in [-0.39, 0.29) is 6.61 Å². The van der Waals surface area contributed by atoms with Gasteiger partial charge in [0, 0.05) is 11.6 Å². The topological polar surface area (TPSA) is 75.6 Å². The van der Waals surface area contributed by atoms with Crippen molar-refractivity contribution < 1.29 is 22.7 Å². The lowest BCUT2D eigenvalue weighted by atomic mass is 10.3. The van der Waals surface area contributed by atoms with E-state index in [0.29, 0.717) is 4.47 Å². The van der Waals surface area contributed by atoms with Crippen LogP contribution in [0.3, 0.4) is 0 Å². The molecule has 1 aromatic carbocycles. The molecule has 0 saturated carbocycles. The fourth-order valence-electron chi connectivity index (χ4n) is 1.30. The van der Waals surface area contributed by atoms with Crippen molar-refractivity contribution in [3.63, 3.8) is 0 Å². The molecule has 5 nitrogen and oxygen atoms in total. The number of benzene rings is 1. The minimum atomic E-state index is -4.03. The van der Waals surface area contributed by atoms with Gasteiger partial charge in [-0.3, -0.25) is 0 Å². The Morgan fingerprint density at radius 3 is 2.72 bits per heavy atom. The molecule has 0 amide bonds. The quantitative estimate of drug-likeness (QED) is 0.805. The zero-order valence-electron chi connectivity index (χ0n) is 9.56. The standard InChI is InChI=1S/C10H13BrFNO4S/c1-17-6-8(5-14)13-18(15,16)10-3-2-7(11)4-9(10)12/h2-4,8,13-14H,5-6H2,1H3. The molecule has 2 N–H and O–H groups in total. The fourth-order valence-corrected chi connectivity index (χ4v) is 2.91. The average Bonchev–Trinajstić information content (AvgIpc) is 2.27. The van der Waals surface area contributed by atoms with Gasteiger partial charge in [-0.05, 0) is 18.2 Å². The minimum absolute atomic E-state index is 0.00607. The second kappa shape index (κ2) is 6.58. The smallest absolute Gasteiger partial charge is 0.243 e. The summed E-state index contributed by atoms with van der Waals surface area (Å²) >= 11 is 3.04. The van der Waals surface area contributed by atoms with Gasteiger partial charge in [-0.25, -0.2) is 17.5 Å². The molecular weight excluding hydrogens is 329 g/mol. The number of hydrogen-bond acceptors (Lipinski definition) is 4. The number of halogens is 2. The van der Waals surface area contributed by atoms with E-state index in [9.17, 15) is 12.8 Å². The van der Waals surface area contributed by atoms with E-state index in [0.717, 1.165) is 12.1 Å². The molecule has 0 aromatic heterocycles. The van der Waals surface area contributed by atoms with Crippen LogP contribution in [0.5, 0.6) is 0 Å². The zero-order chi connectivity index (χ0) is 13.8. The first-order chi connectivity index (χ1) is 8.40. The van der Waals surface area contributed by atoms with Crippen LogP contribution >= 0.6 is 15.9 Å². The summed E-state index contributed by atoms with van der Waals surface area (Å²) in [6.45, 7) is -0.445. The lowest BCUT2D eigenvalue weighted by molar-refractivity contribution is 0.139. The van der Waals surface area contributed by atoms with E-state index < -0.39 is 33.4 Å². The summed E-state index contributed by atoms with van der Waals surface area (Å²) in [5.74, 6) is -0.869. The molecule has 0 aliphatic heterocycles. The van der Waals surface area contributed by atoms with Crippen LogP contribution < -0.4 is 4.72 Å². The van der Waals surface area contributed by atoms with Crippen molar-refractivity contribution in [2.45, 2.75) is 10.9 Å². The molecular formula is C10H13BrFNO4S. The van der Waals surface area contributed by atoms with Crippen molar-refractivity contribution in [2.75, 3.05) is 20.3 Å². The van der Waals surface area contributed by atoms with E-state index in [1.165, 1.54) is 13.2 Å². The molecule has 1 rings (SSSR count). The minimum Gasteiger partial charge on any atom is -0.395 e. The molecule has 0 saturated heterocycles. The van der Waals surface area contributed by atoms with Gasteiger partial charge in [-0.1, -0.05) is 15.9 Å². The highest BCUT2D eigenvalue weighted by atomic mass is 79.9. The first-order valence-corrected chi connectivity index (χ1v) is 7.25. The summed E-state index contributed by atoms with van der Waals surface area (Å²) < 4.78 is 44.6. The first-order valence-electron chi connectivity index (χ1n) is 4.98. The molecule has 1 atom stereocenters. The molecule has 8 heteroatoms. The third kappa shape index (κ3) is 3.99. The van der Waals surface area contributed by atoms with E-state index in [4.69, 9.17) is 9.84 Å². The number of aliphatic hydroxyl groups is 1. The molecule has 0 aliphatic carbocycles. The van der Waals surface area contributed by atoms with Crippen LogP contribution in [-0.4, -0.2) is 39.9 Å². The summed E-state index contributed by atoms with van der Waals surface area (Å²) in [6, 6.07) is 2.80. The molecule has 18 heavy (non-hydrogen) atoms. The lowest BCUT2D eigenvalue weighted by Gasteiger charge is -2.15. The van der Waals surface area contributed by atoms with Gasteiger partial charge in [-0.15, -0.1) is 0 Å². The second-order valence-corrected chi connectivity index (χ2v) is 6.13. The Morgan fingerprint density at radius 1 is 1.56 bits per heavy atom. The summed E-state index contributed by atoms with van der Waals surface area (Å²) in [7, 11) is -2.65. The second-order valence-electron chi connectivity index (χ2n) is 3.53. The van der Waals surface area contributed by atoms with Crippen molar-refractivity contribution in [2.24, 2.45) is 0 Å². The van der Waals surface area contributed by atoms with Gasteiger partial charge in [-0.2, -0.15) is 0 Å². The Hall–Kier alpha value is -0.540. The van der Waals surface area contributed by atoms with Crippen LogP contribution in [0, 0.1) is 5.82 Å². The molecule has 0 fully saturated rings. The molecule has 1 unspecified atom stereocenters. The van der Waals surface area contributed by atoms with Crippen molar-refractivity contribution in [1.29, 1.82) is 0 Å². The molecule has 0 heterocycles. The van der Waals surface area contributed by atoms with E-state index in [1.54, 1.807) is 0 Å². The number of ether oxygens (including phenoxy) is 1. The zero-order valence-corrected chi connectivity index (χ0v) is 12.0. The van der Waals surface area contributed by atoms with Crippen molar-refractivity contribution in [3.05, 3.63) is 28.5 Å². The summed E-state index contributed by atoms with van der Waals surface area (Å²) in [6.07, 6.45) is 0. The van der Waals surface area contributed by atoms with Gasteiger partial charge in [0.25, 0.3) is 0 Å². The van der Waals surface area contributed by atoms with Crippen LogP contribution in [0.1, 0.15) is 0 Å². The Bertz CT molecular complexity index is 509. The van der Waals surface area contributed by atoms with Crippen molar-refractivity contribution >= 4 is 26.0 Å². The summed E-state index contributed by atoms with van der Waals surface area (Å²) in [5.41, 5.74) is 0. The van der Waals surface area contributed by atoms with Crippen LogP contribution in [0.4, 0.5) is 4.39 Å². The first kappa shape index (κ1) is 15.5. The maximum absolute atomic E-state index is 13.5. The molecule has 0 spiro atoms. The highest BCUT2D eigenvalue weighted by Crippen LogP contribution is 2.19. The number of methoxy groups -OCH3 is 1. The van der Waals surface area contributed by atoms with E-state index in [2.05, 4.69) is 20.7 Å². The third-order valence-electron chi connectivity index (χ3n) is 2.09. The third-order valence-corrected chi connectivity index (χ3v) is 4.14. The maximum atomic E-state index is 13.5.